The molecular formula is C15H19ClN2O3S. The monoisotopic (exact) mass is 342 g/mol. The molecule has 0 saturated carbocycles. The molecule has 1 aromatic rings. The maximum Gasteiger partial charge on any atom is 0.232 e. The molecule has 1 aromatic carbocycles. The van der Waals surface area contributed by atoms with E-state index >= 15 is 0 Å². The highest BCUT2D eigenvalue weighted by atomic mass is 35.5. The van der Waals surface area contributed by atoms with Gasteiger partial charge in [0.2, 0.25) is 11.8 Å². The number of ether oxygens (including phenoxy) is 1. The quantitative estimate of drug-likeness (QED) is 0.852. The second-order valence-corrected chi connectivity index (χ2v) is 6.31. The van der Waals surface area contributed by atoms with Crippen molar-refractivity contribution in [2.24, 2.45) is 0 Å². The summed E-state index contributed by atoms with van der Waals surface area (Å²) in [5, 5.41) is 3.50. The van der Waals surface area contributed by atoms with E-state index in [0.29, 0.717) is 43.6 Å². The van der Waals surface area contributed by atoms with Gasteiger partial charge in [0.05, 0.1) is 24.7 Å². The minimum Gasteiger partial charge on any atom is -0.378 e. The van der Waals surface area contributed by atoms with Crippen molar-refractivity contribution >= 4 is 35.2 Å². The lowest BCUT2D eigenvalue weighted by Gasteiger charge is -2.26. The maximum atomic E-state index is 11.9. The van der Waals surface area contributed by atoms with Crippen LogP contribution in [0.15, 0.2) is 24.3 Å². The fourth-order valence-corrected chi connectivity index (χ4v) is 2.86. The van der Waals surface area contributed by atoms with Gasteiger partial charge in [-0.3, -0.25) is 9.59 Å². The highest BCUT2D eigenvalue weighted by Gasteiger charge is 2.16. The summed E-state index contributed by atoms with van der Waals surface area (Å²) in [7, 11) is 0. The van der Waals surface area contributed by atoms with Gasteiger partial charge in [0.15, 0.2) is 0 Å². The van der Waals surface area contributed by atoms with Crippen LogP contribution < -0.4 is 5.32 Å². The highest BCUT2D eigenvalue weighted by Crippen LogP contribution is 2.09. The average molecular weight is 343 g/mol. The third-order valence-electron chi connectivity index (χ3n) is 3.23. The molecule has 2 rings (SSSR count). The molecule has 0 radical (unpaired) electrons. The molecule has 1 aliphatic rings. The van der Waals surface area contributed by atoms with Crippen LogP contribution >= 0.6 is 23.4 Å². The zero-order valence-corrected chi connectivity index (χ0v) is 13.8. The second kappa shape index (κ2) is 9.02. The van der Waals surface area contributed by atoms with Crippen LogP contribution in [0.2, 0.25) is 5.02 Å². The zero-order valence-electron chi connectivity index (χ0n) is 12.2. The first-order valence-corrected chi connectivity index (χ1v) is 8.63. The standard InChI is InChI=1S/C15H19ClN2O3S/c16-13-3-1-12(2-4-13)9-17-14(19)10-22-11-15(20)18-5-7-21-8-6-18/h1-4H,5-11H2,(H,17,19). The summed E-state index contributed by atoms with van der Waals surface area (Å²) >= 11 is 7.14. The van der Waals surface area contributed by atoms with Crippen LogP contribution in [0, 0.1) is 0 Å². The van der Waals surface area contributed by atoms with Crippen LogP contribution in [0.25, 0.3) is 0 Å². The number of benzene rings is 1. The summed E-state index contributed by atoms with van der Waals surface area (Å²) in [5.74, 6) is 0.603. The van der Waals surface area contributed by atoms with Crippen molar-refractivity contribution in [3.8, 4) is 0 Å². The third-order valence-corrected chi connectivity index (χ3v) is 4.39. The Morgan fingerprint density at radius 3 is 2.55 bits per heavy atom. The molecule has 120 valence electrons. The molecule has 1 fully saturated rings. The number of halogens is 1. The van der Waals surface area contributed by atoms with Gasteiger partial charge >= 0.3 is 0 Å². The Bertz CT molecular complexity index is 504. The average Bonchev–Trinajstić information content (AvgIpc) is 2.55. The highest BCUT2D eigenvalue weighted by molar-refractivity contribution is 8.00. The van der Waals surface area contributed by atoms with Crippen molar-refractivity contribution in [2.45, 2.75) is 6.54 Å². The van der Waals surface area contributed by atoms with Gasteiger partial charge in [-0.1, -0.05) is 23.7 Å². The maximum absolute atomic E-state index is 11.9. The predicted molar refractivity (Wildman–Crippen MR) is 88.0 cm³/mol. The van der Waals surface area contributed by atoms with Gasteiger partial charge < -0.3 is 15.0 Å². The summed E-state index contributed by atoms with van der Waals surface area (Å²) in [6, 6.07) is 7.33. The van der Waals surface area contributed by atoms with Crippen molar-refractivity contribution in [2.75, 3.05) is 37.8 Å². The number of hydrogen-bond donors (Lipinski definition) is 1. The van der Waals surface area contributed by atoms with Gasteiger partial charge in [0.25, 0.3) is 0 Å². The van der Waals surface area contributed by atoms with E-state index in [1.54, 1.807) is 17.0 Å². The molecule has 1 saturated heterocycles. The Kier molecular flexibility index (Phi) is 7.02. The van der Waals surface area contributed by atoms with Crippen molar-refractivity contribution in [1.29, 1.82) is 0 Å². The number of rotatable bonds is 6. The fraction of sp³-hybridized carbons (Fsp3) is 0.467. The van der Waals surface area contributed by atoms with Crippen molar-refractivity contribution < 1.29 is 14.3 Å². The zero-order chi connectivity index (χ0) is 15.8. The third kappa shape index (κ3) is 5.87. The molecule has 0 bridgehead atoms. The number of hydrogen-bond acceptors (Lipinski definition) is 4. The Morgan fingerprint density at radius 2 is 1.86 bits per heavy atom. The molecule has 0 spiro atoms. The van der Waals surface area contributed by atoms with E-state index in [0.717, 1.165) is 5.56 Å². The van der Waals surface area contributed by atoms with Gasteiger partial charge in [-0.25, -0.2) is 0 Å². The van der Waals surface area contributed by atoms with Gasteiger partial charge in [-0.2, -0.15) is 0 Å². The number of carbonyl (C=O) groups is 2. The van der Waals surface area contributed by atoms with Crippen LogP contribution in [0.5, 0.6) is 0 Å². The molecule has 7 heteroatoms. The molecule has 1 N–H and O–H groups in total. The van der Waals surface area contributed by atoms with Crippen molar-refractivity contribution in [3.63, 3.8) is 0 Å². The Balaban J connectivity index is 1.61. The van der Waals surface area contributed by atoms with E-state index in [-0.39, 0.29) is 17.6 Å². The predicted octanol–water partition coefficient (Wildman–Crippen LogP) is 1.55. The fourth-order valence-electron chi connectivity index (χ4n) is 1.99. The van der Waals surface area contributed by atoms with Crippen LogP contribution in [-0.4, -0.2) is 54.5 Å². The first kappa shape index (κ1) is 17.1. The SMILES string of the molecule is O=C(CSCC(=O)N1CCOCC1)NCc1ccc(Cl)cc1. The Hall–Kier alpha value is -1.24. The summed E-state index contributed by atoms with van der Waals surface area (Å²) in [6.07, 6.45) is 0. The number of thioether (sulfide) groups is 1. The van der Waals surface area contributed by atoms with Gasteiger partial charge in [0, 0.05) is 24.7 Å². The molecule has 1 aliphatic heterocycles. The number of nitrogens with zero attached hydrogens (tertiary/aromatic N) is 1. The lowest BCUT2D eigenvalue weighted by molar-refractivity contribution is -0.132. The van der Waals surface area contributed by atoms with E-state index in [2.05, 4.69) is 5.32 Å². The van der Waals surface area contributed by atoms with Crippen LogP contribution in [0.1, 0.15) is 5.56 Å². The minimum atomic E-state index is -0.0743. The lowest BCUT2D eigenvalue weighted by Crippen LogP contribution is -2.41. The molecule has 0 atom stereocenters. The topological polar surface area (TPSA) is 58.6 Å². The number of nitrogens with one attached hydrogen (secondary N) is 1. The summed E-state index contributed by atoms with van der Waals surface area (Å²) in [6.45, 7) is 2.94. The van der Waals surface area contributed by atoms with E-state index in [1.807, 2.05) is 12.1 Å². The van der Waals surface area contributed by atoms with Gasteiger partial charge in [-0.15, -0.1) is 11.8 Å². The summed E-state index contributed by atoms with van der Waals surface area (Å²) < 4.78 is 5.20. The van der Waals surface area contributed by atoms with Crippen molar-refractivity contribution in [1.82, 2.24) is 10.2 Å². The largest absolute Gasteiger partial charge is 0.378 e. The number of morpholine rings is 1. The molecule has 0 unspecified atom stereocenters. The van der Waals surface area contributed by atoms with E-state index in [4.69, 9.17) is 16.3 Å². The summed E-state index contributed by atoms with van der Waals surface area (Å²) in [5.41, 5.74) is 0.993. The van der Waals surface area contributed by atoms with Gasteiger partial charge in [-0.05, 0) is 17.7 Å². The van der Waals surface area contributed by atoms with E-state index < -0.39 is 0 Å². The Morgan fingerprint density at radius 1 is 1.18 bits per heavy atom. The molecule has 0 aliphatic carbocycles. The number of carbonyl (C=O) groups excluding carboxylic acids is 2. The van der Waals surface area contributed by atoms with E-state index in [9.17, 15) is 9.59 Å². The molecular weight excluding hydrogens is 324 g/mol. The normalized spacial score (nSPS) is 14.7. The molecule has 5 nitrogen and oxygen atoms in total. The first-order chi connectivity index (χ1) is 10.6. The molecule has 2 amide bonds. The molecule has 1 heterocycles. The van der Waals surface area contributed by atoms with Crippen LogP contribution in [0.4, 0.5) is 0 Å². The van der Waals surface area contributed by atoms with E-state index in [1.165, 1.54) is 11.8 Å². The first-order valence-electron chi connectivity index (χ1n) is 7.09. The van der Waals surface area contributed by atoms with Crippen molar-refractivity contribution in [3.05, 3.63) is 34.9 Å². The van der Waals surface area contributed by atoms with Crippen LogP contribution in [-0.2, 0) is 20.9 Å². The second-order valence-electron chi connectivity index (χ2n) is 4.89. The molecule has 0 aromatic heterocycles. The number of amides is 2. The summed E-state index contributed by atoms with van der Waals surface area (Å²) in [4.78, 5) is 25.4. The lowest BCUT2D eigenvalue weighted by atomic mass is 10.2. The van der Waals surface area contributed by atoms with Crippen LogP contribution in [0.3, 0.4) is 0 Å². The molecule has 22 heavy (non-hydrogen) atoms. The Labute approximate surface area is 139 Å². The minimum absolute atomic E-state index is 0.0683. The smallest absolute Gasteiger partial charge is 0.232 e. The van der Waals surface area contributed by atoms with Gasteiger partial charge in [0.1, 0.15) is 0 Å².